The number of alkyl halides is 1. The minimum atomic E-state index is -1.46. The van der Waals surface area contributed by atoms with Gasteiger partial charge in [-0.15, -0.1) is 0 Å². The second kappa shape index (κ2) is 4.60. The number of hydrogen-bond donors (Lipinski definition) is 1. The SMILES string of the molecule is CCC(F)Oc1ccccc1C(=O)O. The van der Waals surface area contributed by atoms with Crippen molar-refractivity contribution in [2.45, 2.75) is 19.7 Å². The maximum atomic E-state index is 12.8. The number of ether oxygens (including phenoxy) is 1. The fourth-order valence-corrected chi connectivity index (χ4v) is 0.967. The highest BCUT2D eigenvalue weighted by Crippen LogP contribution is 2.20. The summed E-state index contributed by atoms with van der Waals surface area (Å²) in [5, 5.41) is 8.75. The molecule has 0 saturated heterocycles. The van der Waals surface area contributed by atoms with E-state index in [1.807, 2.05) is 0 Å². The van der Waals surface area contributed by atoms with E-state index in [1.165, 1.54) is 12.1 Å². The number of rotatable bonds is 4. The molecule has 0 aromatic heterocycles. The van der Waals surface area contributed by atoms with Crippen LogP contribution in [0.25, 0.3) is 0 Å². The third-order valence-electron chi connectivity index (χ3n) is 1.69. The van der Waals surface area contributed by atoms with Crippen LogP contribution in [0.4, 0.5) is 4.39 Å². The minimum Gasteiger partial charge on any atom is -0.478 e. The molecule has 1 N–H and O–H groups in total. The largest absolute Gasteiger partial charge is 0.478 e. The average Bonchev–Trinajstić information content (AvgIpc) is 2.18. The second-order valence-corrected chi connectivity index (χ2v) is 2.74. The molecule has 0 aliphatic carbocycles. The first-order chi connectivity index (χ1) is 6.65. The van der Waals surface area contributed by atoms with Crippen molar-refractivity contribution in [1.29, 1.82) is 0 Å². The Kier molecular flexibility index (Phi) is 3.45. The molecule has 0 fully saturated rings. The maximum Gasteiger partial charge on any atom is 0.339 e. The summed E-state index contributed by atoms with van der Waals surface area (Å²) in [5.41, 5.74) is -0.0244. The van der Waals surface area contributed by atoms with Crippen molar-refractivity contribution in [3.8, 4) is 5.75 Å². The first kappa shape index (κ1) is 10.5. The number of carboxylic acids is 1. The van der Waals surface area contributed by atoms with Crippen molar-refractivity contribution in [3.05, 3.63) is 29.8 Å². The summed E-state index contributed by atoms with van der Waals surface area (Å²) in [5.74, 6) is -1.06. The summed E-state index contributed by atoms with van der Waals surface area (Å²) in [6, 6.07) is 5.98. The number of benzene rings is 1. The van der Waals surface area contributed by atoms with Gasteiger partial charge in [0.1, 0.15) is 11.3 Å². The molecule has 0 radical (unpaired) electrons. The highest BCUT2D eigenvalue weighted by Gasteiger charge is 2.13. The van der Waals surface area contributed by atoms with Gasteiger partial charge in [0.2, 0.25) is 6.36 Å². The Labute approximate surface area is 81.1 Å². The van der Waals surface area contributed by atoms with E-state index >= 15 is 0 Å². The Hall–Kier alpha value is -1.58. The molecule has 0 bridgehead atoms. The first-order valence-electron chi connectivity index (χ1n) is 4.28. The predicted molar refractivity (Wildman–Crippen MR) is 49.2 cm³/mol. The molecule has 0 saturated carbocycles. The lowest BCUT2D eigenvalue weighted by Crippen LogP contribution is -2.11. The Morgan fingerprint density at radius 3 is 2.79 bits per heavy atom. The molecule has 1 rings (SSSR count). The Morgan fingerprint density at radius 2 is 2.21 bits per heavy atom. The molecular formula is C10H11FO3. The number of para-hydroxylation sites is 1. The van der Waals surface area contributed by atoms with E-state index in [-0.39, 0.29) is 17.7 Å². The molecule has 0 spiro atoms. The molecule has 76 valence electrons. The van der Waals surface area contributed by atoms with Crippen molar-refractivity contribution in [3.63, 3.8) is 0 Å². The number of halogens is 1. The van der Waals surface area contributed by atoms with Gasteiger partial charge in [-0.2, -0.15) is 0 Å². The van der Waals surface area contributed by atoms with Crippen LogP contribution in [-0.4, -0.2) is 17.4 Å². The quantitative estimate of drug-likeness (QED) is 0.808. The van der Waals surface area contributed by atoms with E-state index < -0.39 is 12.3 Å². The highest BCUT2D eigenvalue weighted by molar-refractivity contribution is 5.90. The lowest BCUT2D eigenvalue weighted by molar-refractivity contribution is 0.0576. The molecule has 1 aromatic rings. The average molecular weight is 198 g/mol. The molecule has 0 aliphatic heterocycles. The molecule has 3 nitrogen and oxygen atoms in total. The molecular weight excluding hydrogens is 187 g/mol. The van der Waals surface area contributed by atoms with Gasteiger partial charge in [0, 0.05) is 6.42 Å². The van der Waals surface area contributed by atoms with E-state index in [1.54, 1.807) is 19.1 Å². The van der Waals surface area contributed by atoms with Crippen LogP contribution in [0.3, 0.4) is 0 Å². The predicted octanol–water partition coefficient (Wildman–Crippen LogP) is 2.47. The van der Waals surface area contributed by atoms with E-state index in [2.05, 4.69) is 0 Å². The monoisotopic (exact) mass is 198 g/mol. The zero-order valence-corrected chi connectivity index (χ0v) is 7.74. The summed E-state index contributed by atoms with van der Waals surface area (Å²) in [7, 11) is 0. The van der Waals surface area contributed by atoms with Gasteiger partial charge in [0.25, 0.3) is 0 Å². The highest BCUT2D eigenvalue weighted by atomic mass is 19.1. The Balaban J connectivity index is 2.90. The minimum absolute atomic E-state index is 0.0244. The number of hydrogen-bond acceptors (Lipinski definition) is 2. The van der Waals surface area contributed by atoms with Crippen LogP contribution in [0, 0.1) is 0 Å². The standard InChI is InChI=1S/C10H11FO3/c1-2-9(11)14-8-6-4-3-5-7(8)10(12)13/h3-6,9H,2H2,1H3,(H,12,13). The van der Waals surface area contributed by atoms with E-state index in [9.17, 15) is 9.18 Å². The Bertz CT molecular complexity index is 325. The van der Waals surface area contributed by atoms with Gasteiger partial charge in [0.15, 0.2) is 0 Å². The maximum absolute atomic E-state index is 12.8. The topological polar surface area (TPSA) is 46.5 Å². The van der Waals surface area contributed by atoms with Crippen LogP contribution in [-0.2, 0) is 0 Å². The van der Waals surface area contributed by atoms with Crippen molar-refractivity contribution >= 4 is 5.97 Å². The summed E-state index contributed by atoms with van der Waals surface area (Å²) in [6.07, 6.45) is -1.27. The number of carboxylic acid groups (broad SMARTS) is 1. The molecule has 4 heteroatoms. The van der Waals surface area contributed by atoms with Gasteiger partial charge in [-0.05, 0) is 12.1 Å². The van der Waals surface area contributed by atoms with Gasteiger partial charge in [0.05, 0.1) is 0 Å². The van der Waals surface area contributed by atoms with E-state index in [4.69, 9.17) is 9.84 Å². The van der Waals surface area contributed by atoms with E-state index in [0.29, 0.717) is 0 Å². The van der Waals surface area contributed by atoms with Gasteiger partial charge < -0.3 is 9.84 Å². The fourth-order valence-electron chi connectivity index (χ4n) is 0.967. The third-order valence-corrected chi connectivity index (χ3v) is 1.69. The molecule has 1 aromatic carbocycles. The smallest absolute Gasteiger partial charge is 0.339 e. The molecule has 14 heavy (non-hydrogen) atoms. The van der Waals surface area contributed by atoms with Crippen LogP contribution in [0.5, 0.6) is 5.75 Å². The van der Waals surface area contributed by atoms with Gasteiger partial charge >= 0.3 is 5.97 Å². The fraction of sp³-hybridized carbons (Fsp3) is 0.300. The molecule has 0 aliphatic rings. The summed E-state index contributed by atoms with van der Waals surface area (Å²) in [4.78, 5) is 10.7. The first-order valence-corrected chi connectivity index (χ1v) is 4.28. The molecule has 0 amide bonds. The second-order valence-electron chi connectivity index (χ2n) is 2.74. The van der Waals surface area contributed by atoms with Crippen molar-refractivity contribution in [1.82, 2.24) is 0 Å². The number of aromatic carboxylic acids is 1. The zero-order valence-electron chi connectivity index (χ0n) is 7.74. The van der Waals surface area contributed by atoms with Gasteiger partial charge in [-0.3, -0.25) is 0 Å². The summed E-state index contributed by atoms with van der Waals surface area (Å²) >= 11 is 0. The van der Waals surface area contributed by atoms with Crippen LogP contribution in [0.1, 0.15) is 23.7 Å². The molecule has 0 heterocycles. The number of carbonyl (C=O) groups is 1. The lowest BCUT2D eigenvalue weighted by Gasteiger charge is -2.10. The Morgan fingerprint density at radius 1 is 1.57 bits per heavy atom. The van der Waals surface area contributed by atoms with Crippen molar-refractivity contribution in [2.24, 2.45) is 0 Å². The van der Waals surface area contributed by atoms with Crippen molar-refractivity contribution < 1.29 is 19.0 Å². The van der Waals surface area contributed by atoms with Crippen LogP contribution in [0.2, 0.25) is 0 Å². The van der Waals surface area contributed by atoms with E-state index in [0.717, 1.165) is 0 Å². The molecule has 1 unspecified atom stereocenters. The normalized spacial score (nSPS) is 12.1. The van der Waals surface area contributed by atoms with Crippen molar-refractivity contribution in [2.75, 3.05) is 0 Å². The van der Waals surface area contributed by atoms with Crippen LogP contribution >= 0.6 is 0 Å². The molecule has 1 atom stereocenters. The van der Waals surface area contributed by atoms with Crippen LogP contribution < -0.4 is 4.74 Å². The zero-order chi connectivity index (χ0) is 10.6. The van der Waals surface area contributed by atoms with Crippen LogP contribution in [0.15, 0.2) is 24.3 Å². The van der Waals surface area contributed by atoms with Gasteiger partial charge in [-0.1, -0.05) is 19.1 Å². The third kappa shape index (κ3) is 2.45. The summed E-state index contributed by atoms with van der Waals surface area (Å²) in [6.45, 7) is 1.62. The van der Waals surface area contributed by atoms with Gasteiger partial charge in [-0.25, -0.2) is 9.18 Å². The lowest BCUT2D eigenvalue weighted by atomic mass is 10.2. The summed E-state index contributed by atoms with van der Waals surface area (Å²) < 4.78 is 17.7.